The number of hydrogen-bond acceptors (Lipinski definition) is 2. The monoisotopic (exact) mass is 431 g/mol. The molecule has 146 valence electrons. The zero-order valence-electron chi connectivity index (χ0n) is 16.5. The van der Waals surface area contributed by atoms with Crippen LogP contribution in [0.1, 0.15) is 57.2 Å². The molecule has 2 aromatic rings. The third-order valence-electron chi connectivity index (χ3n) is 4.20. The first kappa shape index (κ1) is 21.5. The second-order valence-corrected chi connectivity index (χ2v) is 8.44. The number of unbranched alkanes of at least 4 members (excludes halogenated alkanes) is 2. The van der Waals surface area contributed by atoms with Crippen molar-refractivity contribution in [2.45, 2.75) is 51.7 Å². The molecule has 0 unspecified atom stereocenters. The predicted octanol–water partition coefficient (Wildman–Crippen LogP) is 6.58. The van der Waals surface area contributed by atoms with E-state index in [0.717, 1.165) is 35.7 Å². The van der Waals surface area contributed by atoms with Crippen LogP contribution in [0.4, 0.5) is 4.79 Å². The molecule has 0 saturated carbocycles. The molecule has 0 heterocycles. The van der Waals surface area contributed by atoms with E-state index in [1.165, 1.54) is 0 Å². The Kier molecular flexibility index (Phi) is 8.36. The van der Waals surface area contributed by atoms with E-state index in [1.54, 1.807) is 0 Å². The highest BCUT2D eigenvalue weighted by atomic mass is 79.9. The van der Waals surface area contributed by atoms with Gasteiger partial charge in [-0.15, -0.1) is 0 Å². The van der Waals surface area contributed by atoms with Crippen LogP contribution < -0.4 is 0 Å². The largest absolute Gasteiger partial charge is 0.444 e. The third kappa shape index (κ3) is 7.02. The van der Waals surface area contributed by atoms with Crippen LogP contribution in [-0.2, 0) is 4.74 Å². The van der Waals surface area contributed by atoms with E-state index >= 15 is 0 Å². The molecule has 27 heavy (non-hydrogen) atoms. The molecule has 0 atom stereocenters. The van der Waals surface area contributed by atoms with E-state index in [2.05, 4.69) is 40.2 Å². The molecule has 0 aliphatic heterocycles. The van der Waals surface area contributed by atoms with E-state index in [-0.39, 0.29) is 12.1 Å². The van der Waals surface area contributed by atoms with Gasteiger partial charge in [0, 0.05) is 11.9 Å². The average molecular weight is 432 g/mol. The maximum atomic E-state index is 13.1. The number of rotatable bonds is 8. The van der Waals surface area contributed by atoms with Crippen molar-refractivity contribution in [1.82, 2.24) is 4.90 Å². The van der Waals surface area contributed by atoms with E-state index in [0.29, 0.717) is 6.54 Å². The zero-order chi connectivity index (χ0) is 19.7. The molecular weight excluding hydrogens is 402 g/mol. The van der Waals surface area contributed by atoms with Gasteiger partial charge in [-0.05, 0) is 44.7 Å². The molecule has 0 radical (unpaired) electrons. The molecule has 2 rings (SSSR count). The first-order valence-electron chi connectivity index (χ1n) is 9.58. The molecule has 2 aromatic carbocycles. The Morgan fingerprint density at radius 2 is 1.44 bits per heavy atom. The number of halogens is 1. The van der Waals surface area contributed by atoms with E-state index < -0.39 is 5.60 Å². The Morgan fingerprint density at radius 3 is 1.89 bits per heavy atom. The number of carbonyl (C=O) groups is 1. The molecule has 1 amide bonds. The number of alkyl halides is 1. The summed E-state index contributed by atoms with van der Waals surface area (Å²) in [6.45, 7) is 6.40. The van der Waals surface area contributed by atoms with Crippen LogP contribution in [0.5, 0.6) is 0 Å². The first-order chi connectivity index (χ1) is 12.9. The SMILES string of the molecule is CC(C)(C)OC(=O)N(CCCCCBr)C(c1ccccc1)c1ccccc1. The fourth-order valence-corrected chi connectivity index (χ4v) is 3.42. The fourth-order valence-electron chi connectivity index (χ4n) is 3.02. The Hall–Kier alpha value is -1.81. The van der Waals surface area contributed by atoms with Crippen LogP contribution >= 0.6 is 15.9 Å². The summed E-state index contributed by atoms with van der Waals surface area (Å²) in [7, 11) is 0. The molecule has 0 aliphatic carbocycles. The van der Waals surface area contributed by atoms with Crippen LogP contribution in [0.2, 0.25) is 0 Å². The molecule has 0 fully saturated rings. The highest BCUT2D eigenvalue weighted by Gasteiger charge is 2.30. The van der Waals surface area contributed by atoms with E-state index in [4.69, 9.17) is 4.74 Å². The van der Waals surface area contributed by atoms with Crippen molar-refractivity contribution in [1.29, 1.82) is 0 Å². The van der Waals surface area contributed by atoms with Gasteiger partial charge in [0.2, 0.25) is 0 Å². The maximum Gasteiger partial charge on any atom is 0.411 e. The van der Waals surface area contributed by atoms with Crippen LogP contribution in [0, 0.1) is 0 Å². The molecule has 0 bridgehead atoms. The van der Waals surface area contributed by atoms with Crippen molar-refractivity contribution in [2.24, 2.45) is 0 Å². The van der Waals surface area contributed by atoms with Gasteiger partial charge >= 0.3 is 6.09 Å². The van der Waals surface area contributed by atoms with E-state index in [9.17, 15) is 4.79 Å². The lowest BCUT2D eigenvalue weighted by molar-refractivity contribution is 0.0187. The van der Waals surface area contributed by atoms with Crippen LogP contribution in [0.3, 0.4) is 0 Å². The lowest BCUT2D eigenvalue weighted by atomic mass is 9.97. The molecule has 0 aliphatic rings. The van der Waals surface area contributed by atoms with Gasteiger partial charge in [0.05, 0.1) is 6.04 Å². The first-order valence-corrected chi connectivity index (χ1v) is 10.7. The van der Waals surface area contributed by atoms with Gasteiger partial charge in [-0.1, -0.05) is 83.0 Å². The van der Waals surface area contributed by atoms with Crippen LogP contribution in [0.15, 0.2) is 60.7 Å². The molecule has 0 N–H and O–H groups in total. The summed E-state index contributed by atoms with van der Waals surface area (Å²) in [5.41, 5.74) is 1.66. The smallest absolute Gasteiger partial charge is 0.411 e. The van der Waals surface area contributed by atoms with Crippen LogP contribution in [0.25, 0.3) is 0 Å². The number of amides is 1. The Labute approximate surface area is 171 Å². The Morgan fingerprint density at radius 1 is 0.926 bits per heavy atom. The minimum Gasteiger partial charge on any atom is -0.444 e. The minimum atomic E-state index is -0.525. The molecule has 0 aromatic heterocycles. The molecule has 4 heteroatoms. The lowest BCUT2D eigenvalue weighted by Gasteiger charge is -2.34. The number of ether oxygens (including phenoxy) is 1. The lowest BCUT2D eigenvalue weighted by Crippen LogP contribution is -2.40. The quantitative estimate of drug-likeness (QED) is 0.348. The predicted molar refractivity (Wildman–Crippen MR) is 115 cm³/mol. The van der Waals surface area contributed by atoms with Crippen molar-refractivity contribution in [3.8, 4) is 0 Å². The maximum absolute atomic E-state index is 13.1. The minimum absolute atomic E-state index is 0.161. The number of hydrogen-bond donors (Lipinski definition) is 0. The van der Waals surface area contributed by atoms with Gasteiger partial charge in [0.25, 0.3) is 0 Å². The highest BCUT2D eigenvalue weighted by molar-refractivity contribution is 9.09. The third-order valence-corrected chi connectivity index (χ3v) is 4.76. The van der Waals surface area contributed by atoms with Crippen molar-refractivity contribution in [3.63, 3.8) is 0 Å². The van der Waals surface area contributed by atoms with Crippen molar-refractivity contribution in [3.05, 3.63) is 71.8 Å². The van der Waals surface area contributed by atoms with Crippen molar-refractivity contribution in [2.75, 3.05) is 11.9 Å². The normalized spacial score (nSPS) is 11.4. The average Bonchev–Trinajstić information content (AvgIpc) is 2.64. The summed E-state index contributed by atoms with van der Waals surface area (Å²) < 4.78 is 5.76. The summed E-state index contributed by atoms with van der Waals surface area (Å²) in [4.78, 5) is 15.0. The summed E-state index contributed by atoms with van der Waals surface area (Å²) in [5.74, 6) is 0. The van der Waals surface area contributed by atoms with Crippen molar-refractivity contribution < 1.29 is 9.53 Å². The summed E-state index contributed by atoms with van der Waals surface area (Å²) in [5, 5.41) is 0.986. The fraction of sp³-hybridized carbons (Fsp3) is 0.435. The van der Waals surface area contributed by atoms with Gasteiger partial charge in [-0.3, -0.25) is 4.90 Å². The van der Waals surface area contributed by atoms with Gasteiger partial charge in [-0.2, -0.15) is 0 Å². The number of benzene rings is 2. The number of carbonyl (C=O) groups excluding carboxylic acids is 1. The summed E-state index contributed by atoms with van der Waals surface area (Å²) in [6, 6.07) is 20.2. The zero-order valence-corrected chi connectivity index (χ0v) is 18.1. The highest BCUT2D eigenvalue weighted by Crippen LogP contribution is 2.30. The second kappa shape index (κ2) is 10.5. The molecule has 0 saturated heterocycles. The Bertz CT molecular complexity index is 643. The second-order valence-electron chi connectivity index (χ2n) is 7.65. The standard InChI is InChI=1S/C23H30BrNO2/c1-23(2,3)27-22(26)25(18-12-6-11-17-24)21(19-13-7-4-8-14-19)20-15-9-5-10-16-20/h4-5,7-10,13-16,21H,6,11-12,17-18H2,1-3H3. The number of nitrogens with zero attached hydrogens (tertiary/aromatic N) is 1. The van der Waals surface area contributed by atoms with Gasteiger partial charge in [0.15, 0.2) is 0 Å². The van der Waals surface area contributed by atoms with Crippen molar-refractivity contribution >= 4 is 22.0 Å². The molecular formula is C23H30BrNO2. The van der Waals surface area contributed by atoms with Gasteiger partial charge in [0.1, 0.15) is 5.60 Å². The Balaban J connectivity index is 2.37. The summed E-state index contributed by atoms with van der Waals surface area (Å²) in [6.07, 6.45) is 2.85. The van der Waals surface area contributed by atoms with E-state index in [1.807, 2.05) is 62.1 Å². The van der Waals surface area contributed by atoms with Gasteiger partial charge in [-0.25, -0.2) is 4.79 Å². The topological polar surface area (TPSA) is 29.5 Å². The van der Waals surface area contributed by atoms with Crippen LogP contribution in [-0.4, -0.2) is 28.5 Å². The van der Waals surface area contributed by atoms with Gasteiger partial charge < -0.3 is 4.74 Å². The molecule has 3 nitrogen and oxygen atoms in total. The summed E-state index contributed by atoms with van der Waals surface area (Å²) >= 11 is 3.48. The molecule has 0 spiro atoms.